The third-order valence-corrected chi connectivity index (χ3v) is 5.19. The van der Waals surface area contributed by atoms with Crippen molar-refractivity contribution in [1.82, 2.24) is 15.6 Å². The maximum Gasteiger partial charge on any atom is 0.315 e. The van der Waals surface area contributed by atoms with E-state index in [9.17, 15) is 14.7 Å². The van der Waals surface area contributed by atoms with Crippen molar-refractivity contribution >= 4 is 23.3 Å². The summed E-state index contributed by atoms with van der Waals surface area (Å²) in [5.74, 6) is -0.674. The molecule has 0 aliphatic heterocycles. The lowest BCUT2D eigenvalue weighted by Gasteiger charge is -2.28. The highest BCUT2D eigenvalue weighted by Crippen LogP contribution is 2.48. The van der Waals surface area contributed by atoms with Crippen molar-refractivity contribution in [2.24, 2.45) is 17.8 Å². The van der Waals surface area contributed by atoms with Gasteiger partial charge in [0.05, 0.1) is 18.0 Å². The van der Waals surface area contributed by atoms with Crippen LogP contribution in [-0.4, -0.2) is 28.1 Å². The summed E-state index contributed by atoms with van der Waals surface area (Å²) < 4.78 is 0. The van der Waals surface area contributed by atoms with Crippen molar-refractivity contribution in [3.63, 3.8) is 0 Å². The quantitative estimate of drug-likeness (QED) is 0.784. The van der Waals surface area contributed by atoms with Gasteiger partial charge in [-0.25, -0.2) is 4.79 Å². The van der Waals surface area contributed by atoms with Crippen LogP contribution >= 0.6 is 11.3 Å². The fraction of sp³-hybridized carbons (Fsp3) is 0.615. The number of urea groups is 1. The molecule has 3 rings (SSSR count). The molecular formula is C13H17N3O3S. The third kappa shape index (κ3) is 2.49. The Kier molecular flexibility index (Phi) is 3.60. The van der Waals surface area contributed by atoms with Crippen LogP contribution in [0.3, 0.4) is 0 Å². The highest BCUT2D eigenvalue weighted by molar-refractivity contribution is 7.09. The fourth-order valence-corrected chi connectivity index (χ4v) is 4.09. The second kappa shape index (κ2) is 5.40. The lowest BCUT2D eigenvalue weighted by atomic mass is 9.84. The number of carboxylic acids is 1. The lowest BCUT2D eigenvalue weighted by Crippen LogP contribution is -2.50. The average Bonchev–Trinajstić information content (AvgIpc) is 3.12. The first-order chi connectivity index (χ1) is 9.65. The van der Waals surface area contributed by atoms with Gasteiger partial charge in [-0.1, -0.05) is 0 Å². The minimum absolute atomic E-state index is 0.226. The molecule has 1 aromatic heterocycles. The summed E-state index contributed by atoms with van der Waals surface area (Å²) in [6, 6.07) is -0.519. The Morgan fingerprint density at radius 1 is 1.40 bits per heavy atom. The van der Waals surface area contributed by atoms with Gasteiger partial charge in [-0.15, -0.1) is 11.3 Å². The monoisotopic (exact) mass is 295 g/mol. The average molecular weight is 295 g/mol. The number of aliphatic carboxylic acids is 1. The normalized spacial score (nSPS) is 31.2. The Morgan fingerprint density at radius 2 is 2.20 bits per heavy atom. The van der Waals surface area contributed by atoms with Crippen LogP contribution in [0, 0.1) is 17.8 Å². The summed E-state index contributed by atoms with van der Waals surface area (Å²) in [5.41, 5.74) is 1.71. The molecule has 2 aliphatic carbocycles. The topological polar surface area (TPSA) is 91.3 Å². The summed E-state index contributed by atoms with van der Waals surface area (Å²) in [6.07, 6.45) is 4.63. The molecule has 2 fully saturated rings. The van der Waals surface area contributed by atoms with Crippen molar-refractivity contribution < 1.29 is 14.7 Å². The molecule has 20 heavy (non-hydrogen) atoms. The zero-order valence-electron chi connectivity index (χ0n) is 10.9. The van der Waals surface area contributed by atoms with E-state index < -0.39 is 11.9 Å². The number of amides is 2. The van der Waals surface area contributed by atoms with Gasteiger partial charge in [0.2, 0.25) is 0 Å². The molecule has 0 aromatic carbocycles. The van der Waals surface area contributed by atoms with Crippen LogP contribution in [0.25, 0.3) is 0 Å². The fourth-order valence-electron chi connectivity index (χ4n) is 3.55. The van der Waals surface area contributed by atoms with E-state index in [1.165, 1.54) is 11.3 Å². The Morgan fingerprint density at radius 3 is 2.90 bits per heavy atom. The molecule has 108 valence electrons. The van der Waals surface area contributed by atoms with Gasteiger partial charge in [-0.2, -0.15) is 0 Å². The molecular weight excluding hydrogens is 278 g/mol. The van der Waals surface area contributed by atoms with Gasteiger partial charge in [0, 0.05) is 17.1 Å². The standard InChI is InChI=1S/C13H17N3O3S/c17-12(18)10-7-1-2-8(3-7)11(10)16-13(19)15-5-9-4-14-6-20-9/h4,6-8,10-11H,1-3,5H2,(H,17,18)(H2,15,16,19). The maximum atomic E-state index is 11.9. The van der Waals surface area contributed by atoms with Crippen molar-refractivity contribution in [2.75, 3.05) is 0 Å². The number of hydrogen-bond donors (Lipinski definition) is 3. The van der Waals surface area contributed by atoms with E-state index in [2.05, 4.69) is 15.6 Å². The number of fused-ring (bicyclic) bond motifs is 2. The van der Waals surface area contributed by atoms with Crippen LogP contribution in [0.5, 0.6) is 0 Å². The summed E-state index contributed by atoms with van der Waals surface area (Å²) in [6.45, 7) is 0.426. The summed E-state index contributed by atoms with van der Waals surface area (Å²) >= 11 is 1.48. The molecule has 4 atom stereocenters. The van der Waals surface area contributed by atoms with Gasteiger partial charge in [-0.3, -0.25) is 9.78 Å². The number of nitrogens with one attached hydrogen (secondary N) is 2. The molecule has 7 heteroatoms. The molecule has 6 nitrogen and oxygen atoms in total. The number of carboxylic acid groups (broad SMARTS) is 1. The number of aromatic nitrogens is 1. The smallest absolute Gasteiger partial charge is 0.315 e. The van der Waals surface area contributed by atoms with Gasteiger partial charge in [0.1, 0.15) is 0 Å². The molecule has 2 aliphatic rings. The first-order valence-corrected chi connectivity index (χ1v) is 7.67. The summed E-state index contributed by atoms with van der Waals surface area (Å²) in [5, 5.41) is 14.9. The molecule has 2 bridgehead atoms. The Hall–Kier alpha value is -1.63. The van der Waals surface area contributed by atoms with Crippen molar-refractivity contribution in [3.8, 4) is 0 Å². The largest absolute Gasteiger partial charge is 0.481 e. The van der Waals surface area contributed by atoms with E-state index >= 15 is 0 Å². The minimum Gasteiger partial charge on any atom is -0.481 e. The molecule has 4 unspecified atom stereocenters. The third-order valence-electron chi connectivity index (χ3n) is 4.41. The molecule has 3 N–H and O–H groups in total. The molecule has 0 radical (unpaired) electrons. The van der Waals surface area contributed by atoms with Crippen LogP contribution in [0.2, 0.25) is 0 Å². The molecule has 1 heterocycles. The van der Waals surface area contributed by atoms with Gasteiger partial charge in [-0.05, 0) is 31.1 Å². The van der Waals surface area contributed by atoms with Gasteiger partial charge < -0.3 is 15.7 Å². The molecule has 1 aromatic rings. The van der Waals surface area contributed by atoms with E-state index in [1.807, 2.05) is 0 Å². The molecule has 0 saturated heterocycles. The van der Waals surface area contributed by atoms with Gasteiger partial charge in [0.15, 0.2) is 0 Å². The first-order valence-electron chi connectivity index (χ1n) is 6.79. The number of hydrogen-bond acceptors (Lipinski definition) is 4. The van der Waals surface area contributed by atoms with Gasteiger partial charge in [0.25, 0.3) is 0 Å². The molecule has 2 saturated carbocycles. The van der Waals surface area contributed by atoms with Crippen LogP contribution in [-0.2, 0) is 11.3 Å². The number of rotatable bonds is 4. The molecule has 0 spiro atoms. The van der Waals surface area contributed by atoms with Crippen molar-refractivity contribution in [2.45, 2.75) is 31.8 Å². The first kappa shape index (κ1) is 13.4. The number of carbonyl (C=O) groups excluding carboxylic acids is 1. The van der Waals surface area contributed by atoms with E-state index in [1.54, 1.807) is 11.7 Å². The second-order valence-electron chi connectivity index (χ2n) is 5.52. The summed E-state index contributed by atoms with van der Waals surface area (Å²) in [7, 11) is 0. The Labute approximate surface area is 120 Å². The van der Waals surface area contributed by atoms with E-state index in [4.69, 9.17) is 0 Å². The number of nitrogens with zero attached hydrogens (tertiary/aromatic N) is 1. The van der Waals surface area contributed by atoms with E-state index in [-0.39, 0.29) is 18.0 Å². The predicted octanol–water partition coefficient (Wildman–Crippen LogP) is 1.44. The number of carbonyl (C=O) groups is 2. The number of thiazole rings is 1. The van der Waals surface area contributed by atoms with Crippen LogP contribution in [0.4, 0.5) is 4.79 Å². The highest BCUT2D eigenvalue weighted by Gasteiger charge is 2.51. The Balaban J connectivity index is 1.56. The SMILES string of the molecule is O=C(NCc1cncs1)NC1C2CCC(C2)C1C(=O)O. The van der Waals surface area contributed by atoms with Crippen molar-refractivity contribution in [3.05, 3.63) is 16.6 Å². The zero-order chi connectivity index (χ0) is 14.1. The van der Waals surface area contributed by atoms with Crippen LogP contribution < -0.4 is 10.6 Å². The predicted molar refractivity (Wildman–Crippen MR) is 73.2 cm³/mol. The van der Waals surface area contributed by atoms with Crippen LogP contribution in [0.1, 0.15) is 24.1 Å². The van der Waals surface area contributed by atoms with Crippen LogP contribution in [0.15, 0.2) is 11.7 Å². The molecule has 2 amide bonds. The van der Waals surface area contributed by atoms with Gasteiger partial charge >= 0.3 is 12.0 Å². The highest BCUT2D eigenvalue weighted by atomic mass is 32.1. The minimum atomic E-state index is -0.787. The lowest BCUT2D eigenvalue weighted by molar-refractivity contribution is -0.144. The van der Waals surface area contributed by atoms with Crippen molar-refractivity contribution in [1.29, 1.82) is 0 Å². The maximum absolute atomic E-state index is 11.9. The second-order valence-corrected chi connectivity index (χ2v) is 6.49. The Bertz CT molecular complexity index is 505. The summed E-state index contributed by atoms with van der Waals surface area (Å²) in [4.78, 5) is 28.2. The van der Waals surface area contributed by atoms with E-state index in [0.29, 0.717) is 12.5 Å². The van der Waals surface area contributed by atoms with E-state index in [0.717, 1.165) is 24.1 Å². The zero-order valence-corrected chi connectivity index (χ0v) is 11.7.